The van der Waals surface area contributed by atoms with E-state index in [0.717, 1.165) is 33.7 Å². The Morgan fingerprint density at radius 3 is 1.50 bits per heavy atom. The van der Waals surface area contributed by atoms with Gasteiger partial charge in [-0.3, -0.25) is 0 Å². The quantitative estimate of drug-likeness (QED) is 0.0934. The fourth-order valence-corrected chi connectivity index (χ4v) is 7.19. The van der Waals surface area contributed by atoms with Crippen molar-refractivity contribution in [2.24, 2.45) is 5.92 Å². The van der Waals surface area contributed by atoms with Crippen LogP contribution in [0.3, 0.4) is 0 Å². The summed E-state index contributed by atoms with van der Waals surface area (Å²) in [5, 5.41) is 42.4. The first-order valence-electron chi connectivity index (χ1n) is 16.7. The van der Waals surface area contributed by atoms with Crippen LogP contribution in [0.1, 0.15) is 92.4 Å². The van der Waals surface area contributed by atoms with Crippen LogP contribution in [0, 0.1) is 5.92 Å². The third kappa shape index (κ3) is 7.07. The van der Waals surface area contributed by atoms with Gasteiger partial charge in [0.15, 0.2) is 0 Å². The van der Waals surface area contributed by atoms with Gasteiger partial charge in [0, 0.05) is 17.0 Å². The molecule has 5 aromatic carbocycles. The number of unbranched alkanes of at least 4 members (excludes halogenated alkanes) is 2. The van der Waals surface area contributed by atoms with Crippen LogP contribution >= 0.6 is 0 Å². The van der Waals surface area contributed by atoms with Crippen LogP contribution in [0.4, 0.5) is 0 Å². The van der Waals surface area contributed by atoms with Crippen molar-refractivity contribution in [2.75, 3.05) is 0 Å². The molecule has 0 aromatic heterocycles. The van der Waals surface area contributed by atoms with Gasteiger partial charge < -0.3 is 20.4 Å². The molecule has 5 aromatic rings. The topological polar surface area (TPSA) is 80.9 Å². The van der Waals surface area contributed by atoms with Gasteiger partial charge in [-0.1, -0.05) is 93.3 Å². The van der Waals surface area contributed by atoms with Crippen molar-refractivity contribution in [1.82, 2.24) is 0 Å². The molecule has 4 N–H and O–H groups in total. The van der Waals surface area contributed by atoms with Crippen LogP contribution in [-0.2, 0) is 0 Å². The first kappa shape index (κ1) is 31.3. The normalized spacial score (nSPS) is 16.5. The van der Waals surface area contributed by atoms with E-state index in [4.69, 9.17) is 0 Å². The second-order valence-corrected chi connectivity index (χ2v) is 13.0. The standard InChI is InChI=1S/C42H44O4/c1-2-3-4-5-28-6-8-29(9-7-28)30-10-12-33(13-11-30)42(38-26-34(18-24-40(38)45)31-14-20-36(43)21-15-31)39-27-35(19-25-41(39)46)32-16-22-37(44)23-17-32/h10-29,42-46H,2-9H2,1H3. The molecule has 0 spiro atoms. The lowest BCUT2D eigenvalue weighted by atomic mass is 9.76. The Kier molecular flexibility index (Phi) is 9.63. The molecule has 1 aliphatic carbocycles. The maximum absolute atomic E-state index is 11.3. The lowest BCUT2D eigenvalue weighted by Gasteiger charge is -2.29. The Morgan fingerprint density at radius 1 is 0.543 bits per heavy atom. The van der Waals surface area contributed by atoms with Crippen LogP contribution in [0.2, 0.25) is 0 Å². The van der Waals surface area contributed by atoms with Gasteiger partial charge in [0.2, 0.25) is 0 Å². The van der Waals surface area contributed by atoms with Crippen molar-refractivity contribution in [3.05, 3.63) is 131 Å². The van der Waals surface area contributed by atoms with Crippen LogP contribution in [0.25, 0.3) is 22.3 Å². The second-order valence-electron chi connectivity index (χ2n) is 13.0. The predicted octanol–water partition coefficient (Wildman–Crippen LogP) is 10.9. The number of hydrogen-bond donors (Lipinski definition) is 4. The molecule has 0 atom stereocenters. The van der Waals surface area contributed by atoms with Crippen molar-refractivity contribution in [3.8, 4) is 45.3 Å². The lowest BCUT2D eigenvalue weighted by Crippen LogP contribution is -2.13. The zero-order valence-corrected chi connectivity index (χ0v) is 26.6. The molecule has 1 saturated carbocycles. The average Bonchev–Trinajstić information content (AvgIpc) is 3.08. The largest absolute Gasteiger partial charge is 0.508 e. The first-order chi connectivity index (χ1) is 22.4. The Balaban J connectivity index is 1.37. The molecule has 0 heterocycles. The van der Waals surface area contributed by atoms with E-state index in [1.54, 1.807) is 36.4 Å². The van der Waals surface area contributed by atoms with Crippen molar-refractivity contribution < 1.29 is 20.4 Å². The van der Waals surface area contributed by atoms with E-state index in [2.05, 4.69) is 31.2 Å². The zero-order valence-electron chi connectivity index (χ0n) is 26.6. The van der Waals surface area contributed by atoms with Gasteiger partial charge in [0.25, 0.3) is 0 Å². The molecular formula is C42H44O4. The van der Waals surface area contributed by atoms with Gasteiger partial charge in [0.1, 0.15) is 23.0 Å². The molecule has 0 amide bonds. The zero-order chi connectivity index (χ0) is 32.0. The monoisotopic (exact) mass is 612 g/mol. The maximum atomic E-state index is 11.3. The highest BCUT2D eigenvalue weighted by Crippen LogP contribution is 2.44. The third-order valence-electron chi connectivity index (χ3n) is 9.88. The van der Waals surface area contributed by atoms with E-state index >= 15 is 0 Å². The minimum atomic E-state index is -0.447. The Labute approximate surface area is 272 Å². The molecule has 4 nitrogen and oxygen atoms in total. The number of benzene rings is 5. The molecule has 0 saturated heterocycles. The number of phenolic OH excluding ortho intramolecular Hbond substituents is 4. The summed E-state index contributed by atoms with van der Waals surface area (Å²) in [6.07, 6.45) is 10.4. The molecule has 46 heavy (non-hydrogen) atoms. The molecule has 4 heteroatoms. The molecule has 0 aliphatic heterocycles. The SMILES string of the molecule is CCCCCC1CCC(c2ccc(C(c3cc(-c4ccc(O)cc4)ccc3O)c3cc(-c4ccc(O)cc4)ccc3O)cc2)CC1. The van der Waals surface area contributed by atoms with Gasteiger partial charge in [-0.25, -0.2) is 0 Å². The third-order valence-corrected chi connectivity index (χ3v) is 9.88. The number of phenols is 4. The highest BCUT2D eigenvalue weighted by molar-refractivity contribution is 5.71. The highest BCUT2D eigenvalue weighted by atomic mass is 16.3. The molecule has 0 bridgehead atoms. The summed E-state index contributed by atoms with van der Waals surface area (Å²) in [6, 6.07) is 34.0. The lowest BCUT2D eigenvalue weighted by molar-refractivity contribution is 0.303. The van der Waals surface area contributed by atoms with E-state index in [1.807, 2.05) is 48.5 Å². The summed E-state index contributed by atoms with van der Waals surface area (Å²) in [4.78, 5) is 0. The Hall–Kier alpha value is -4.70. The van der Waals surface area contributed by atoms with E-state index < -0.39 is 5.92 Å². The molecular weight excluding hydrogens is 568 g/mol. The Bertz CT molecular complexity index is 1640. The summed E-state index contributed by atoms with van der Waals surface area (Å²) in [7, 11) is 0. The summed E-state index contributed by atoms with van der Waals surface area (Å²) < 4.78 is 0. The van der Waals surface area contributed by atoms with Gasteiger partial charge >= 0.3 is 0 Å². The smallest absolute Gasteiger partial charge is 0.119 e. The molecule has 0 unspecified atom stereocenters. The summed E-state index contributed by atoms with van der Waals surface area (Å²) in [6.45, 7) is 2.27. The Morgan fingerprint density at radius 2 is 1.02 bits per heavy atom. The van der Waals surface area contributed by atoms with Crippen LogP contribution in [-0.4, -0.2) is 20.4 Å². The van der Waals surface area contributed by atoms with Crippen molar-refractivity contribution in [3.63, 3.8) is 0 Å². The van der Waals surface area contributed by atoms with Crippen LogP contribution in [0.5, 0.6) is 23.0 Å². The number of hydrogen-bond acceptors (Lipinski definition) is 4. The van der Waals surface area contributed by atoms with Crippen molar-refractivity contribution in [2.45, 2.75) is 70.1 Å². The average molecular weight is 613 g/mol. The van der Waals surface area contributed by atoms with E-state index in [9.17, 15) is 20.4 Å². The predicted molar refractivity (Wildman–Crippen MR) is 187 cm³/mol. The fourth-order valence-electron chi connectivity index (χ4n) is 7.19. The first-order valence-corrected chi connectivity index (χ1v) is 16.7. The number of rotatable bonds is 10. The minimum Gasteiger partial charge on any atom is -0.508 e. The summed E-state index contributed by atoms with van der Waals surface area (Å²) in [5.74, 6) is 1.66. The van der Waals surface area contributed by atoms with Crippen LogP contribution in [0.15, 0.2) is 109 Å². The van der Waals surface area contributed by atoms with Gasteiger partial charge in [-0.05, 0) is 119 Å². The van der Waals surface area contributed by atoms with E-state index in [-0.39, 0.29) is 23.0 Å². The second kappa shape index (κ2) is 14.2. The molecule has 1 aliphatic rings. The fraction of sp³-hybridized carbons (Fsp3) is 0.286. The molecule has 0 radical (unpaired) electrons. The van der Waals surface area contributed by atoms with Crippen molar-refractivity contribution in [1.29, 1.82) is 0 Å². The number of aromatic hydroxyl groups is 4. The summed E-state index contributed by atoms with van der Waals surface area (Å²) >= 11 is 0. The minimum absolute atomic E-state index is 0.146. The highest BCUT2D eigenvalue weighted by Gasteiger charge is 2.26. The molecule has 236 valence electrons. The molecule has 1 fully saturated rings. The van der Waals surface area contributed by atoms with Crippen molar-refractivity contribution >= 4 is 0 Å². The van der Waals surface area contributed by atoms with E-state index in [0.29, 0.717) is 17.0 Å². The van der Waals surface area contributed by atoms with E-state index in [1.165, 1.54) is 56.9 Å². The van der Waals surface area contributed by atoms with Gasteiger partial charge in [-0.2, -0.15) is 0 Å². The van der Waals surface area contributed by atoms with Crippen LogP contribution < -0.4 is 0 Å². The maximum Gasteiger partial charge on any atom is 0.119 e. The van der Waals surface area contributed by atoms with Gasteiger partial charge in [0.05, 0.1) is 0 Å². The molecule has 6 rings (SSSR count). The van der Waals surface area contributed by atoms with Gasteiger partial charge in [-0.15, -0.1) is 0 Å². The summed E-state index contributed by atoms with van der Waals surface area (Å²) in [5.41, 5.74) is 7.35.